The van der Waals surface area contributed by atoms with Crippen molar-refractivity contribution in [2.24, 2.45) is 0 Å². The molecule has 2 aromatic rings. The lowest BCUT2D eigenvalue weighted by atomic mass is 10.1. The van der Waals surface area contributed by atoms with E-state index in [0.29, 0.717) is 6.04 Å². The fraction of sp³-hybridized carbons (Fsp3) is 0.438. The molecular weight excluding hydrogens is 314 g/mol. The standard InChI is InChI=1S/C16H20BrN3/c1-2-20(13-7-9-18-10-13)11-12-5-6-15(17)14-4-3-8-19-16(12)14/h3-6,8,13,18H,2,7,9-11H2,1H3. The highest BCUT2D eigenvalue weighted by Crippen LogP contribution is 2.26. The van der Waals surface area contributed by atoms with Crippen molar-refractivity contribution in [1.82, 2.24) is 15.2 Å². The molecule has 0 radical (unpaired) electrons. The smallest absolute Gasteiger partial charge is 0.0758 e. The number of benzene rings is 1. The lowest BCUT2D eigenvalue weighted by Crippen LogP contribution is -2.36. The average Bonchev–Trinajstić information content (AvgIpc) is 3.01. The van der Waals surface area contributed by atoms with Crippen molar-refractivity contribution in [3.8, 4) is 0 Å². The third-order valence-electron chi connectivity index (χ3n) is 4.13. The molecule has 0 spiro atoms. The normalized spacial score (nSPS) is 19.1. The lowest BCUT2D eigenvalue weighted by Gasteiger charge is -2.27. The van der Waals surface area contributed by atoms with Crippen LogP contribution in [0.5, 0.6) is 0 Å². The molecule has 1 aromatic carbocycles. The van der Waals surface area contributed by atoms with Crippen LogP contribution in [-0.2, 0) is 6.54 Å². The molecule has 1 fully saturated rings. The predicted molar refractivity (Wildman–Crippen MR) is 86.8 cm³/mol. The molecule has 1 N–H and O–H groups in total. The van der Waals surface area contributed by atoms with E-state index in [-0.39, 0.29) is 0 Å². The van der Waals surface area contributed by atoms with Gasteiger partial charge in [-0.3, -0.25) is 9.88 Å². The zero-order chi connectivity index (χ0) is 13.9. The van der Waals surface area contributed by atoms with Gasteiger partial charge in [0, 0.05) is 35.2 Å². The van der Waals surface area contributed by atoms with Crippen molar-refractivity contribution in [3.63, 3.8) is 0 Å². The molecule has 1 aliphatic rings. The topological polar surface area (TPSA) is 28.2 Å². The molecule has 0 saturated carbocycles. The molecule has 3 nitrogen and oxygen atoms in total. The summed E-state index contributed by atoms with van der Waals surface area (Å²) in [4.78, 5) is 7.14. The monoisotopic (exact) mass is 333 g/mol. The summed E-state index contributed by atoms with van der Waals surface area (Å²) < 4.78 is 1.12. The molecule has 1 aliphatic heterocycles. The van der Waals surface area contributed by atoms with Gasteiger partial charge in [-0.2, -0.15) is 0 Å². The van der Waals surface area contributed by atoms with E-state index in [2.05, 4.69) is 56.3 Å². The molecule has 4 heteroatoms. The van der Waals surface area contributed by atoms with Crippen LogP contribution >= 0.6 is 15.9 Å². The van der Waals surface area contributed by atoms with E-state index < -0.39 is 0 Å². The largest absolute Gasteiger partial charge is 0.315 e. The van der Waals surface area contributed by atoms with E-state index in [4.69, 9.17) is 0 Å². The summed E-state index contributed by atoms with van der Waals surface area (Å²) in [5.74, 6) is 0. The van der Waals surface area contributed by atoms with E-state index >= 15 is 0 Å². The third kappa shape index (κ3) is 2.73. The zero-order valence-corrected chi connectivity index (χ0v) is 13.4. The van der Waals surface area contributed by atoms with Crippen LogP contribution in [-0.4, -0.2) is 35.6 Å². The van der Waals surface area contributed by atoms with Crippen molar-refractivity contribution in [2.45, 2.75) is 25.9 Å². The second kappa shape index (κ2) is 6.20. The summed E-state index contributed by atoms with van der Waals surface area (Å²) in [6.07, 6.45) is 3.13. The average molecular weight is 334 g/mol. The maximum absolute atomic E-state index is 4.58. The molecule has 1 saturated heterocycles. The summed E-state index contributed by atoms with van der Waals surface area (Å²) in [6, 6.07) is 9.12. The summed E-state index contributed by atoms with van der Waals surface area (Å²) >= 11 is 3.62. The number of hydrogen-bond acceptors (Lipinski definition) is 3. The summed E-state index contributed by atoms with van der Waals surface area (Å²) in [7, 11) is 0. The van der Waals surface area contributed by atoms with Crippen LogP contribution in [0.15, 0.2) is 34.9 Å². The van der Waals surface area contributed by atoms with Gasteiger partial charge >= 0.3 is 0 Å². The number of likely N-dealkylation sites (N-methyl/N-ethyl adjacent to an activating group) is 1. The van der Waals surface area contributed by atoms with Gasteiger partial charge in [-0.25, -0.2) is 0 Å². The summed E-state index contributed by atoms with van der Waals surface area (Å²) in [5, 5.41) is 4.65. The SMILES string of the molecule is CCN(Cc1ccc(Br)c2cccnc12)C1CCNC1. The number of pyridine rings is 1. The van der Waals surface area contributed by atoms with Crippen molar-refractivity contribution >= 4 is 26.8 Å². The van der Waals surface area contributed by atoms with Gasteiger partial charge in [-0.1, -0.05) is 35.0 Å². The van der Waals surface area contributed by atoms with Crippen molar-refractivity contribution < 1.29 is 0 Å². The maximum Gasteiger partial charge on any atom is 0.0758 e. The Morgan fingerprint density at radius 3 is 3.05 bits per heavy atom. The third-order valence-corrected chi connectivity index (χ3v) is 4.82. The van der Waals surface area contributed by atoms with E-state index in [1.54, 1.807) is 0 Å². The van der Waals surface area contributed by atoms with Gasteiger partial charge in [0.2, 0.25) is 0 Å². The van der Waals surface area contributed by atoms with Crippen LogP contribution in [0, 0.1) is 0 Å². The number of fused-ring (bicyclic) bond motifs is 1. The van der Waals surface area contributed by atoms with Gasteiger partial charge < -0.3 is 5.32 Å². The first kappa shape index (κ1) is 14.0. The number of nitrogens with one attached hydrogen (secondary N) is 1. The van der Waals surface area contributed by atoms with Gasteiger partial charge in [-0.15, -0.1) is 0 Å². The molecule has 20 heavy (non-hydrogen) atoms. The molecule has 2 heterocycles. The minimum absolute atomic E-state index is 0.655. The number of nitrogens with zero attached hydrogens (tertiary/aromatic N) is 2. The maximum atomic E-state index is 4.58. The quantitative estimate of drug-likeness (QED) is 0.931. The van der Waals surface area contributed by atoms with Gasteiger partial charge in [0.25, 0.3) is 0 Å². The first-order valence-electron chi connectivity index (χ1n) is 7.26. The Labute approximate surface area is 128 Å². The Bertz CT molecular complexity index is 593. The Morgan fingerprint density at radius 1 is 1.40 bits per heavy atom. The van der Waals surface area contributed by atoms with Crippen LogP contribution in [0.2, 0.25) is 0 Å². The predicted octanol–water partition coefficient (Wildman–Crippen LogP) is 3.18. The molecule has 1 unspecified atom stereocenters. The number of aromatic nitrogens is 1. The molecule has 0 bridgehead atoms. The van der Waals surface area contributed by atoms with Crippen LogP contribution < -0.4 is 5.32 Å². The Balaban J connectivity index is 1.91. The van der Waals surface area contributed by atoms with Gasteiger partial charge in [0.15, 0.2) is 0 Å². The second-order valence-corrected chi connectivity index (χ2v) is 6.17. The highest BCUT2D eigenvalue weighted by atomic mass is 79.9. The van der Waals surface area contributed by atoms with E-state index in [1.165, 1.54) is 17.4 Å². The number of halogens is 1. The van der Waals surface area contributed by atoms with Crippen LogP contribution in [0.3, 0.4) is 0 Å². The summed E-state index contributed by atoms with van der Waals surface area (Å²) in [5.41, 5.74) is 2.43. The highest BCUT2D eigenvalue weighted by molar-refractivity contribution is 9.10. The van der Waals surface area contributed by atoms with Gasteiger partial charge in [-0.05, 0) is 37.2 Å². The molecule has 3 rings (SSSR count). The van der Waals surface area contributed by atoms with E-state index in [0.717, 1.165) is 36.2 Å². The van der Waals surface area contributed by atoms with Crippen LogP contribution in [0.4, 0.5) is 0 Å². The van der Waals surface area contributed by atoms with Crippen molar-refractivity contribution in [3.05, 3.63) is 40.5 Å². The molecular formula is C16H20BrN3. The molecule has 1 aromatic heterocycles. The first-order chi connectivity index (χ1) is 9.79. The van der Waals surface area contributed by atoms with E-state index in [1.807, 2.05) is 12.3 Å². The minimum Gasteiger partial charge on any atom is -0.315 e. The number of rotatable bonds is 4. The fourth-order valence-corrected chi connectivity index (χ4v) is 3.45. The fourth-order valence-electron chi connectivity index (χ4n) is 2.99. The Kier molecular flexibility index (Phi) is 4.34. The van der Waals surface area contributed by atoms with Crippen molar-refractivity contribution in [1.29, 1.82) is 0 Å². The molecule has 0 aliphatic carbocycles. The van der Waals surface area contributed by atoms with Crippen LogP contribution in [0.1, 0.15) is 18.9 Å². The minimum atomic E-state index is 0.655. The molecule has 1 atom stereocenters. The second-order valence-electron chi connectivity index (χ2n) is 5.32. The van der Waals surface area contributed by atoms with Gasteiger partial charge in [0.05, 0.1) is 5.52 Å². The van der Waals surface area contributed by atoms with Crippen LogP contribution in [0.25, 0.3) is 10.9 Å². The Morgan fingerprint density at radius 2 is 2.30 bits per heavy atom. The Hall–Kier alpha value is -0.970. The van der Waals surface area contributed by atoms with E-state index in [9.17, 15) is 0 Å². The van der Waals surface area contributed by atoms with Gasteiger partial charge in [0.1, 0.15) is 0 Å². The highest BCUT2D eigenvalue weighted by Gasteiger charge is 2.21. The zero-order valence-electron chi connectivity index (χ0n) is 11.8. The summed E-state index contributed by atoms with van der Waals surface area (Å²) in [6.45, 7) is 6.55. The molecule has 106 valence electrons. The number of hydrogen-bond donors (Lipinski definition) is 1. The van der Waals surface area contributed by atoms with Crippen molar-refractivity contribution in [2.75, 3.05) is 19.6 Å². The molecule has 0 amide bonds. The lowest BCUT2D eigenvalue weighted by molar-refractivity contribution is 0.211. The first-order valence-corrected chi connectivity index (χ1v) is 8.05.